The van der Waals surface area contributed by atoms with Crippen LogP contribution in [0.4, 0.5) is 0 Å². The highest BCUT2D eigenvalue weighted by Gasteiger charge is 2.06. The van der Waals surface area contributed by atoms with Gasteiger partial charge in [0, 0.05) is 16.0 Å². The summed E-state index contributed by atoms with van der Waals surface area (Å²) in [4.78, 5) is 4.24. The van der Waals surface area contributed by atoms with Gasteiger partial charge in [0.2, 0.25) is 0 Å². The maximum absolute atomic E-state index is 7.29. The molecule has 1 aliphatic rings. The third-order valence-electron chi connectivity index (χ3n) is 2.11. The third kappa shape index (κ3) is 1.86. The molecule has 1 aliphatic heterocycles. The normalized spacial score (nSPS) is 20.8. The molecule has 0 amide bonds. The van der Waals surface area contributed by atoms with Gasteiger partial charge in [0.25, 0.3) is 0 Å². The number of rotatable bonds is 1. The van der Waals surface area contributed by atoms with E-state index in [1.54, 1.807) is 0 Å². The van der Waals surface area contributed by atoms with Gasteiger partial charge in [0.1, 0.15) is 0 Å². The minimum atomic E-state index is -1.99. The van der Waals surface area contributed by atoms with E-state index in [0.29, 0.717) is 18.4 Å². The van der Waals surface area contributed by atoms with Crippen molar-refractivity contribution in [2.24, 2.45) is 4.99 Å². The molecule has 0 spiro atoms. The van der Waals surface area contributed by atoms with E-state index in [0.717, 1.165) is 11.3 Å². The van der Waals surface area contributed by atoms with Crippen LogP contribution in [0.15, 0.2) is 47.1 Å². The van der Waals surface area contributed by atoms with Crippen molar-refractivity contribution in [3.8, 4) is 0 Å². The number of allylic oxidation sites excluding steroid dienone is 1. The lowest BCUT2D eigenvalue weighted by Gasteiger charge is -2.10. The van der Waals surface area contributed by atoms with Crippen LogP contribution in [0, 0.1) is 0 Å². The van der Waals surface area contributed by atoms with E-state index in [1.165, 1.54) is 6.20 Å². The molecule has 1 aromatic rings. The number of hydrogen-bond acceptors (Lipinski definition) is 1. The van der Waals surface area contributed by atoms with Crippen molar-refractivity contribution in [3.05, 3.63) is 47.7 Å². The van der Waals surface area contributed by atoms with Gasteiger partial charge in [-0.1, -0.05) is 35.9 Å². The fourth-order valence-electron chi connectivity index (χ4n) is 1.39. The average Bonchev–Trinajstić information content (AvgIpc) is 2.29. The number of hydrogen-bond donors (Lipinski definition) is 0. The minimum absolute atomic E-state index is 0.451. The Morgan fingerprint density at radius 2 is 2.08 bits per heavy atom. The predicted molar refractivity (Wildman–Crippen MR) is 56.0 cm³/mol. The summed E-state index contributed by atoms with van der Waals surface area (Å²) in [6.45, 7) is -1.99. The number of nitrogens with zero attached hydrogens (tertiary/aromatic N) is 1. The fourth-order valence-corrected chi connectivity index (χ4v) is 1.39. The lowest BCUT2D eigenvalue weighted by molar-refractivity contribution is 0.976. The smallest absolute Gasteiger partial charge is 0.0479 e. The summed E-state index contributed by atoms with van der Waals surface area (Å²) in [5.74, 6) is 0. The van der Waals surface area contributed by atoms with Gasteiger partial charge in [0.05, 0.1) is 0 Å². The first-order valence-electron chi connectivity index (χ1n) is 5.89. The molecule has 0 aliphatic carbocycles. The van der Waals surface area contributed by atoms with Crippen molar-refractivity contribution in [2.75, 3.05) is 0 Å². The van der Waals surface area contributed by atoms with Crippen LogP contribution < -0.4 is 0 Å². The van der Waals surface area contributed by atoms with E-state index < -0.39 is 6.85 Å². The Labute approximate surface area is 83.0 Å². The van der Waals surface area contributed by atoms with Crippen LogP contribution in [0.1, 0.15) is 29.4 Å². The zero-order chi connectivity index (χ0) is 11.6. The quantitative estimate of drug-likeness (QED) is 0.620. The first-order chi connectivity index (χ1) is 7.57. The third-order valence-corrected chi connectivity index (χ3v) is 2.11. The zero-order valence-electron chi connectivity index (χ0n) is 10.3. The van der Waals surface area contributed by atoms with Crippen LogP contribution in [-0.2, 0) is 0 Å². The summed E-state index contributed by atoms with van der Waals surface area (Å²) in [7, 11) is 0. The van der Waals surface area contributed by atoms with Gasteiger partial charge >= 0.3 is 0 Å². The summed E-state index contributed by atoms with van der Waals surface area (Å²) in [5.41, 5.74) is 2.49. The maximum Gasteiger partial charge on any atom is 0.0479 e. The van der Waals surface area contributed by atoms with E-state index >= 15 is 0 Å². The minimum Gasteiger partial charge on any atom is -0.261 e. The zero-order valence-corrected chi connectivity index (χ0v) is 7.33. The Balaban J connectivity index is 2.24. The van der Waals surface area contributed by atoms with Crippen molar-refractivity contribution in [3.63, 3.8) is 0 Å². The second kappa shape index (κ2) is 3.56. The molecule has 0 atom stereocenters. The number of aliphatic imine (C=N–C) groups is 1. The SMILES string of the molecule is [2H]C([2H])([2H])C1=CN=C(c2ccccc2)CC1. The van der Waals surface area contributed by atoms with E-state index in [4.69, 9.17) is 4.11 Å². The molecule has 0 aromatic heterocycles. The molecule has 0 N–H and O–H groups in total. The molecular weight excluding hydrogens is 158 g/mol. The van der Waals surface area contributed by atoms with Crippen LogP contribution in [0.2, 0.25) is 0 Å². The van der Waals surface area contributed by atoms with Crippen LogP contribution in [0.3, 0.4) is 0 Å². The second-order valence-corrected chi connectivity index (χ2v) is 3.10. The Morgan fingerprint density at radius 3 is 2.69 bits per heavy atom. The monoisotopic (exact) mass is 174 g/mol. The summed E-state index contributed by atoms with van der Waals surface area (Å²) >= 11 is 0. The summed E-state index contributed by atoms with van der Waals surface area (Å²) < 4.78 is 21.9. The number of benzene rings is 1. The van der Waals surface area contributed by atoms with Crippen molar-refractivity contribution < 1.29 is 4.11 Å². The molecule has 13 heavy (non-hydrogen) atoms. The van der Waals surface area contributed by atoms with Crippen molar-refractivity contribution in [1.82, 2.24) is 0 Å². The maximum atomic E-state index is 7.29. The van der Waals surface area contributed by atoms with E-state index in [2.05, 4.69) is 4.99 Å². The van der Waals surface area contributed by atoms with E-state index in [9.17, 15) is 0 Å². The van der Waals surface area contributed by atoms with Crippen molar-refractivity contribution >= 4 is 5.71 Å². The highest BCUT2D eigenvalue weighted by atomic mass is 14.7. The average molecular weight is 174 g/mol. The largest absolute Gasteiger partial charge is 0.261 e. The summed E-state index contributed by atoms with van der Waals surface area (Å²) in [6, 6.07) is 9.86. The molecule has 1 heterocycles. The molecule has 0 radical (unpaired) electrons. The van der Waals surface area contributed by atoms with Gasteiger partial charge in [-0.15, -0.1) is 0 Å². The first kappa shape index (κ1) is 5.38. The molecule has 0 saturated heterocycles. The van der Waals surface area contributed by atoms with E-state index in [-0.39, 0.29) is 0 Å². The van der Waals surface area contributed by atoms with Crippen LogP contribution in [-0.4, -0.2) is 5.71 Å². The molecular formula is C12H13N. The molecule has 2 rings (SSSR count). The fraction of sp³-hybridized carbons (Fsp3) is 0.250. The molecule has 0 bridgehead atoms. The molecule has 66 valence electrons. The first-order valence-corrected chi connectivity index (χ1v) is 4.39. The predicted octanol–water partition coefficient (Wildman–Crippen LogP) is 3.17. The van der Waals surface area contributed by atoms with Gasteiger partial charge in [-0.2, -0.15) is 0 Å². The standard InChI is InChI=1S/C12H13N/c1-10-7-8-12(13-9-10)11-5-3-2-4-6-11/h2-6,9H,7-8H2,1H3/i1D3. The van der Waals surface area contributed by atoms with Gasteiger partial charge in [-0.05, 0) is 25.3 Å². The Kier molecular flexibility index (Phi) is 1.47. The van der Waals surface area contributed by atoms with Gasteiger partial charge in [-0.3, -0.25) is 4.99 Å². The topological polar surface area (TPSA) is 12.4 Å². The Hall–Kier alpha value is -1.37. The van der Waals surface area contributed by atoms with Crippen LogP contribution in [0.5, 0.6) is 0 Å². The molecule has 0 fully saturated rings. The van der Waals surface area contributed by atoms with Crippen LogP contribution >= 0.6 is 0 Å². The summed E-state index contributed by atoms with van der Waals surface area (Å²) in [5, 5.41) is 0. The Bertz CT molecular complexity index is 429. The summed E-state index contributed by atoms with van der Waals surface area (Å²) in [6.07, 6.45) is 2.78. The molecule has 1 heteroatoms. The molecule has 0 unspecified atom stereocenters. The van der Waals surface area contributed by atoms with Crippen LogP contribution in [0.25, 0.3) is 0 Å². The Morgan fingerprint density at radius 1 is 1.23 bits per heavy atom. The highest BCUT2D eigenvalue weighted by Crippen LogP contribution is 2.15. The van der Waals surface area contributed by atoms with E-state index in [1.807, 2.05) is 30.3 Å². The molecule has 1 aromatic carbocycles. The van der Waals surface area contributed by atoms with Crippen molar-refractivity contribution in [2.45, 2.75) is 19.7 Å². The molecule has 0 saturated carbocycles. The second-order valence-electron chi connectivity index (χ2n) is 3.10. The van der Waals surface area contributed by atoms with Gasteiger partial charge in [0.15, 0.2) is 0 Å². The van der Waals surface area contributed by atoms with Gasteiger partial charge in [-0.25, -0.2) is 0 Å². The van der Waals surface area contributed by atoms with Crippen molar-refractivity contribution in [1.29, 1.82) is 0 Å². The van der Waals surface area contributed by atoms with Gasteiger partial charge < -0.3 is 0 Å². The lowest BCUT2D eigenvalue weighted by Crippen LogP contribution is -2.03. The lowest BCUT2D eigenvalue weighted by atomic mass is 10.0. The molecule has 1 nitrogen and oxygen atoms in total. The highest BCUT2D eigenvalue weighted by molar-refractivity contribution is 6.01.